The van der Waals surface area contributed by atoms with Crippen LogP contribution < -0.4 is 0 Å². The molecule has 1 aliphatic heterocycles. The maximum absolute atomic E-state index is 13.0. The molecule has 2 heterocycles. The summed E-state index contributed by atoms with van der Waals surface area (Å²) in [7, 11) is 0. The second-order valence-corrected chi connectivity index (χ2v) is 5.44. The Morgan fingerprint density at radius 2 is 1.83 bits per heavy atom. The van der Waals surface area contributed by atoms with Crippen LogP contribution in [0.15, 0.2) is 40.8 Å². The highest BCUT2D eigenvalue weighted by molar-refractivity contribution is 5.92. The van der Waals surface area contributed by atoms with E-state index >= 15 is 0 Å². The molecule has 23 heavy (non-hydrogen) atoms. The summed E-state index contributed by atoms with van der Waals surface area (Å²) in [5.74, 6) is 3.04. The molecule has 0 unspecified atom stereocenters. The Bertz CT molecular complexity index is 722. The van der Waals surface area contributed by atoms with E-state index in [9.17, 15) is 9.18 Å². The third kappa shape index (κ3) is 3.43. The minimum absolute atomic E-state index is 0.126. The highest BCUT2D eigenvalue weighted by atomic mass is 19.1. The number of halogens is 1. The predicted molar refractivity (Wildman–Crippen MR) is 85.3 cm³/mol. The van der Waals surface area contributed by atoms with Gasteiger partial charge in [-0.1, -0.05) is 5.92 Å². The molecule has 3 rings (SSSR count). The van der Waals surface area contributed by atoms with Gasteiger partial charge in [0, 0.05) is 31.7 Å². The van der Waals surface area contributed by atoms with Crippen LogP contribution in [-0.2, 0) is 0 Å². The van der Waals surface area contributed by atoms with Crippen molar-refractivity contribution < 1.29 is 13.6 Å². The molecule has 1 aromatic carbocycles. The third-order valence-corrected chi connectivity index (χ3v) is 3.92. The highest BCUT2D eigenvalue weighted by Gasteiger charge is 2.24. The zero-order valence-corrected chi connectivity index (χ0v) is 12.7. The summed E-state index contributed by atoms with van der Waals surface area (Å²) in [4.78, 5) is 16.4. The van der Waals surface area contributed by atoms with E-state index in [-0.39, 0.29) is 11.7 Å². The first-order valence-corrected chi connectivity index (χ1v) is 7.48. The van der Waals surface area contributed by atoms with E-state index in [4.69, 9.17) is 10.8 Å². The standard InChI is InChI=1S/C18H17FN2O2/c1-2-9-20-10-12-21(13-11-20)18(22)17-8-7-16(23-17)14-3-5-15(19)6-4-14/h1,3-8H,9-13H2. The van der Waals surface area contributed by atoms with Crippen molar-refractivity contribution in [2.45, 2.75) is 0 Å². The number of furan rings is 1. The van der Waals surface area contributed by atoms with Gasteiger partial charge in [0.25, 0.3) is 5.91 Å². The molecule has 1 amide bonds. The van der Waals surface area contributed by atoms with Gasteiger partial charge in [-0.25, -0.2) is 4.39 Å². The van der Waals surface area contributed by atoms with Crippen LogP contribution in [0.5, 0.6) is 0 Å². The summed E-state index contributed by atoms with van der Waals surface area (Å²) in [5.41, 5.74) is 0.740. The lowest BCUT2D eigenvalue weighted by Crippen LogP contribution is -2.48. The molecular formula is C18H17FN2O2. The molecule has 5 heteroatoms. The number of carbonyl (C=O) groups is 1. The number of terminal acetylenes is 1. The lowest BCUT2D eigenvalue weighted by molar-refractivity contribution is 0.0622. The molecule has 0 N–H and O–H groups in total. The van der Waals surface area contributed by atoms with Crippen molar-refractivity contribution in [1.29, 1.82) is 0 Å². The van der Waals surface area contributed by atoms with Gasteiger partial charge < -0.3 is 9.32 Å². The van der Waals surface area contributed by atoms with Crippen molar-refractivity contribution in [3.63, 3.8) is 0 Å². The van der Waals surface area contributed by atoms with Gasteiger partial charge >= 0.3 is 0 Å². The lowest BCUT2D eigenvalue weighted by atomic mass is 10.2. The van der Waals surface area contributed by atoms with Gasteiger partial charge in [0.2, 0.25) is 0 Å². The summed E-state index contributed by atoms with van der Waals surface area (Å²) in [6, 6.07) is 9.38. The molecule has 0 atom stereocenters. The van der Waals surface area contributed by atoms with Crippen molar-refractivity contribution in [2.24, 2.45) is 0 Å². The fraction of sp³-hybridized carbons (Fsp3) is 0.278. The van der Waals surface area contributed by atoms with E-state index in [0.717, 1.165) is 18.7 Å². The molecule has 1 aromatic heterocycles. The van der Waals surface area contributed by atoms with Crippen LogP contribution in [0.1, 0.15) is 10.6 Å². The van der Waals surface area contributed by atoms with Crippen LogP contribution in [0, 0.1) is 18.2 Å². The molecule has 0 radical (unpaired) electrons. The summed E-state index contributed by atoms with van der Waals surface area (Å²) in [6.07, 6.45) is 5.30. The average molecular weight is 312 g/mol. The Hall–Kier alpha value is -2.58. The number of nitrogens with zero attached hydrogens (tertiary/aromatic N) is 2. The van der Waals surface area contributed by atoms with Crippen LogP contribution in [0.4, 0.5) is 4.39 Å². The number of amides is 1. The molecule has 4 nitrogen and oxygen atoms in total. The van der Waals surface area contributed by atoms with Gasteiger partial charge in [-0.2, -0.15) is 0 Å². The van der Waals surface area contributed by atoms with Gasteiger partial charge in [0.1, 0.15) is 11.6 Å². The van der Waals surface area contributed by atoms with Crippen molar-refractivity contribution in [3.05, 3.63) is 48.0 Å². The van der Waals surface area contributed by atoms with Crippen molar-refractivity contribution in [3.8, 4) is 23.7 Å². The molecule has 1 fully saturated rings. The molecule has 118 valence electrons. The molecular weight excluding hydrogens is 295 g/mol. The quantitative estimate of drug-likeness (QED) is 0.817. The van der Waals surface area contributed by atoms with Gasteiger partial charge in [0.05, 0.1) is 6.54 Å². The van der Waals surface area contributed by atoms with Gasteiger partial charge in [-0.3, -0.25) is 9.69 Å². The summed E-state index contributed by atoms with van der Waals surface area (Å²) in [5, 5.41) is 0. The van der Waals surface area contributed by atoms with Crippen LogP contribution in [-0.4, -0.2) is 48.4 Å². The average Bonchev–Trinajstić information content (AvgIpc) is 3.06. The van der Waals surface area contributed by atoms with Crippen LogP contribution in [0.25, 0.3) is 11.3 Å². The topological polar surface area (TPSA) is 36.7 Å². The van der Waals surface area contributed by atoms with Gasteiger partial charge in [-0.05, 0) is 36.4 Å². The van der Waals surface area contributed by atoms with E-state index in [1.54, 1.807) is 29.2 Å². The number of carbonyl (C=O) groups excluding carboxylic acids is 1. The molecule has 1 saturated heterocycles. The van der Waals surface area contributed by atoms with E-state index in [1.807, 2.05) is 0 Å². The molecule has 0 saturated carbocycles. The second-order valence-electron chi connectivity index (χ2n) is 5.44. The first-order valence-electron chi connectivity index (χ1n) is 7.48. The zero-order valence-electron chi connectivity index (χ0n) is 12.7. The Morgan fingerprint density at radius 1 is 1.13 bits per heavy atom. The maximum atomic E-state index is 13.0. The minimum atomic E-state index is -0.304. The number of benzene rings is 1. The van der Waals surface area contributed by atoms with Gasteiger partial charge in [-0.15, -0.1) is 6.42 Å². The second kappa shape index (κ2) is 6.67. The van der Waals surface area contributed by atoms with Crippen molar-refractivity contribution in [1.82, 2.24) is 9.80 Å². The number of hydrogen-bond donors (Lipinski definition) is 0. The van der Waals surface area contributed by atoms with Crippen LogP contribution in [0.3, 0.4) is 0 Å². The Labute approximate surface area is 134 Å². The van der Waals surface area contributed by atoms with Crippen molar-refractivity contribution >= 4 is 5.91 Å². The number of rotatable bonds is 3. The third-order valence-electron chi connectivity index (χ3n) is 3.92. The van der Waals surface area contributed by atoms with E-state index < -0.39 is 0 Å². The van der Waals surface area contributed by atoms with E-state index in [1.165, 1.54) is 12.1 Å². The van der Waals surface area contributed by atoms with Crippen molar-refractivity contribution in [2.75, 3.05) is 32.7 Å². The number of piperazine rings is 1. The molecule has 0 spiro atoms. The first kappa shape index (κ1) is 15.3. The monoisotopic (exact) mass is 312 g/mol. The van der Waals surface area contributed by atoms with Crippen LogP contribution in [0.2, 0.25) is 0 Å². The SMILES string of the molecule is C#CCN1CCN(C(=O)c2ccc(-c3ccc(F)cc3)o2)CC1. The molecule has 0 aliphatic carbocycles. The Morgan fingerprint density at radius 3 is 2.48 bits per heavy atom. The Balaban J connectivity index is 1.67. The lowest BCUT2D eigenvalue weighted by Gasteiger charge is -2.33. The molecule has 0 bridgehead atoms. The van der Waals surface area contributed by atoms with Crippen LogP contribution >= 0.6 is 0 Å². The first-order chi connectivity index (χ1) is 11.2. The van der Waals surface area contributed by atoms with E-state index in [2.05, 4.69) is 10.8 Å². The maximum Gasteiger partial charge on any atom is 0.289 e. The molecule has 2 aromatic rings. The van der Waals surface area contributed by atoms with Gasteiger partial charge in [0.15, 0.2) is 5.76 Å². The smallest absolute Gasteiger partial charge is 0.289 e. The normalized spacial score (nSPS) is 15.4. The largest absolute Gasteiger partial charge is 0.451 e. The zero-order chi connectivity index (χ0) is 16.2. The summed E-state index contributed by atoms with van der Waals surface area (Å²) < 4.78 is 18.6. The Kier molecular flexibility index (Phi) is 4.45. The molecule has 1 aliphatic rings. The summed E-state index contributed by atoms with van der Waals surface area (Å²) >= 11 is 0. The fourth-order valence-electron chi connectivity index (χ4n) is 2.62. The minimum Gasteiger partial charge on any atom is -0.451 e. The van der Waals surface area contributed by atoms with E-state index in [0.29, 0.717) is 31.2 Å². The number of hydrogen-bond acceptors (Lipinski definition) is 3. The fourth-order valence-corrected chi connectivity index (χ4v) is 2.62. The predicted octanol–water partition coefficient (Wildman–Crippen LogP) is 2.48. The highest BCUT2D eigenvalue weighted by Crippen LogP contribution is 2.23. The summed E-state index contributed by atoms with van der Waals surface area (Å²) in [6.45, 7) is 3.40.